The predicted molar refractivity (Wildman–Crippen MR) is 78.1 cm³/mol. The van der Waals surface area contributed by atoms with Gasteiger partial charge in [-0.1, -0.05) is 18.2 Å². The van der Waals surface area contributed by atoms with E-state index in [0.29, 0.717) is 0 Å². The maximum atomic E-state index is 5.91. The van der Waals surface area contributed by atoms with Crippen LogP contribution in [0.4, 0.5) is 5.69 Å². The fraction of sp³-hybridized carbons (Fsp3) is 0.200. The summed E-state index contributed by atoms with van der Waals surface area (Å²) in [6.07, 6.45) is 0. The lowest BCUT2D eigenvalue weighted by Crippen LogP contribution is -1.93. The number of methoxy groups -OCH3 is 1. The molecule has 2 rings (SSSR count). The molecule has 0 radical (unpaired) electrons. The third-order valence-electron chi connectivity index (χ3n) is 2.92. The zero-order valence-electron chi connectivity index (χ0n) is 10.6. The third-order valence-corrected chi connectivity index (χ3v) is 3.97. The first-order valence-electron chi connectivity index (χ1n) is 5.81. The lowest BCUT2D eigenvalue weighted by Gasteiger charge is -2.08. The van der Waals surface area contributed by atoms with E-state index >= 15 is 0 Å². The van der Waals surface area contributed by atoms with Crippen molar-refractivity contribution in [3.8, 4) is 5.75 Å². The number of hydrogen-bond donors (Lipinski definition) is 1. The molecule has 2 nitrogen and oxygen atoms in total. The number of ether oxygens (including phenoxy) is 1. The van der Waals surface area contributed by atoms with Gasteiger partial charge in [0.25, 0.3) is 0 Å². The van der Waals surface area contributed by atoms with Crippen LogP contribution in [0.3, 0.4) is 0 Å². The summed E-state index contributed by atoms with van der Waals surface area (Å²) >= 11 is 1.79. The minimum absolute atomic E-state index is 0.860. The molecule has 0 amide bonds. The van der Waals surface area contributed by atoms with Crippen LogP contribution in [-0.2, 0) is 5.75 Å². The number of rotatable bonds is 4. The summed E-state index contributed by atoms with van der Waals surface area (Å²) in [5, 5.41) is 0. The molecule has 0 spiro atoms. The molecular formula is C15H17NOS. The Kier molecular flexibility index (Phi) is 4.15. The molecule has 0 fully saturated rings. The first-order chi connectivity index (χ1) is 8.70. The summed E-state index contributed by atoms with van der Waals surface area (Å²) in [6.45, 7) is 2.07. The van der Waals surface area contributed by atoms with Gasteiger partial charge in [-0.05, 0) is 42.3 Å². The Morgan fingerprint density at radius 3 is 2.72 bits per heavy atom. The molecule has 0 saturated heterocycles. The summed E-state index contributed by atoms with van der Waals surface area (Å²) in [5.41, 5.74) is 9.22. The van der Waals surface area contributed by atoms with E-state index in [2.05, 4.69) is 19.1 Å². The van der Waals surface area contributed by atoms with Crippen molar-refractivity contribution in [2.75, 3.05) is 12.8 Å². The van der Waals surface area contributed by atoms with Crippen molar-refractivity contribution in [3.05, 3.63) is 53.6 Å². The number of nitrogens with two attached hydrogens (primary N) is 1. The molecule has 0 unspecified atom stereocenters. The molecule has 94 valence electrons. The van der Waals surface area contributed by atoms with Crippen molar-refractivity contribution in [1.29, 1.82) is 0 Å². The SMILES string of the molecule is COc1cccc(SCc2cccc(N)c2C)c1. The molecule has 0 aliphatic carbocycles. The number of benzene rings is 2. The molecule has 0 aromatic heterocycles. The number of thioether (sulfide) groups is 1. The Morgan fingerprint density at radius 2 is 1.94 bits per heavy atom. The largest absolute Gasteiger partial charge is 0.497 e. The highest BCUT2D eigenvalue weighted by atomic mass is 32.2. The standard InChI is InChI=1S/C15H17NOS/c1-11-12(5-3-8-15(11)16)10-18-14-7-4-6-13(9-14)17-2/h3-9H,10,16H2,1-2H3. The first kappa shape index (κ1) is 12.8. The quantitative estimate of drug-likeness (QED) is 0.668. The van der Waals surface area contributed by atoms with Crippen LogP contribution in [0, 0.1) is 6.92 Å². The summed E-state index contributed by atoms with van der Waals surface area (Å²) in [4.78, 5) is 1.20. The van der Waals surface area contributed by atoms with E-state index < -0.39 is 0 Å². The molecule has 3 heteroatoms. The monoisotopic (exact) mass is 259 g/mol. The lowest BCUT2D eigenvalue weighted by molar-refractivity contribution is 0.413. The van der Waals surface area contributed by atoms with E-state index in [1.807, 2.05) is 30.3 Å². The molecule has 2 aromatic carbocycles. The average Bonchev–Trinajstić information content (AvgIpc) is 2.41. The van der Waals surface area contributed by atoms with Crippen molar-refractivity contribution in [2.24, 2.45) is 0 Å². The second kappa shape index (κ2) is 5.83. The van der Waals surface area contributed by atoms with Crippen molar-refractivity contribution in [3.63, 3.8) is 0 Å². The van der Waals surface area contributed by atoms with Crippen LogP contribution in [0.5, 0.6) is 5.75 Å². The van der Waals surface area contributed by atoms with Crippen LogP contribution in [0.2, 0.25) is 0 Å². The van der Waals surface area contributed by atoms with Crippen molar-refractivity contribution < 1.29 is 4.74 Å². The van der Waals surface area contributed by atoms with Gasteiger partial charge in [0, 0.05) is 16.3 Å². The van der Waals surface area contributed by atoms with Gasteiger partial charge in [0.15, 0.2) is 0 Å². The van der Waals surface area contributed by atoms with E-state index in [1.165, 1.54) is 16.0 Å². The summed E-state index contributed by atoms with van der Waals surface area (Å²) in [6, 6.07) is 14.2. The fourth-order valence-corrected chi connectivity index (χ4v) is 2.72. The normalized spacial score (nSPS) is 10.3. The van der Waals surface area contributed by atoms with Gasteiger partial charge in [-0.15, -0.1) is 11.8 Å². The Labute approximate surface area is 112 Å². The molecule has 0 saturated carbocycles. The van der Waals surface area contributed by atoms with Gasteiger partial charge >= 0.3 is 0 Å². The van der Waals surface area contributed by atoms with Gasteiger partial charge in [0.2, 0.25) is 0 Å². The number of hydrogen-bond acceptors (Lipinski definition) is 3. The molecular weight excluding hydrogens is 242 g/mol. The minimum Gasteiger partial charge on any atom is -0.497 e. The lowest BCUT2D eigenvalue weighted by atomic mass is 10.1. The number of nitrogen functional groups attached to an aromatic ring is 1. The van der Waals surface area contributed by atoms with Gasteiger partial charge in [0.1, 0.15) is 5.75 Å². The molecule has 0 bridgehead atoms. The zero-order valence-corrected chi connectivity index (χ0v) is 11.5. The van der Waals surface area contributed by atoms with Crippen molar-refractivity contribution in [2.45, 2.75) is 17.6 Å². The third kappa shape index (κ3) is 2.99. The van der Waals surface area contributed by atoms with Gasteiger partial charge in [-0.3, -0.25) is 0 Å². The van der Waals surface area contributed by atoms with Crippen LogP contribution in [-0.4, -0.2) is 7.11 Å². The van der Waals surface area contributed by atoms with Crippen LogP contribution in [0.25, 0.3) is 0 Å². The van der Waals surface area contributed by atoms with E-state index in [0.717, 1.165) is 17.2 Å². The Balaban J connectivity index is 2.09. The fourth-order valence-electron chi connectivity index (χ4n) is 1.71. The van der Waals surface area contributed by atoms with Crippen LogP contribution < -0.4 is 10.5 Å². The highest BCUT2D eigenvalue weighted by Gasteiger charge is 2.03. The van der Waals surface area contributed by atoms with Crippen molar-refractivity contribution in [1.82, 2.24) is 0 Å². The van der Waals surface area contributed by atoms with Crippen LogP contribution in [0.15, 0.2) is 47.4 Å². The van der Waals surface area contributed by atoms with E-state index in [4.69, 9.17) is 10.5 Å². The van der Waals surface area contributed by atoms with E-state index in [-0.39, 0.29) is 0 Å². The minimum atomic E-state index is 0.860. The highest BCUT2D eigenvalue weighted by molar-refractivity contribution is 7.98. The van der Waals surface area contributed by atoms with Crippen LogP contribution in [0.1, 0.15) is 11.1 Å². The van der Waals surface area contributed by atoms with Gasteiger partial charge in [0.05, 0.1) is 7.11 Å². The molecule has 0 heterocycles. The van der Waals surface area contributed by atoms with E-state index in [1.54, 1.807) is 18.9 Å². The molecule has 0 atom stereocenters. The molecule has 18 heavy (non-hydrogen) atoms. The number of anilines is 1. The molecule has 2 aromatic rings. The van der Waals surface area contributed by atoms with Gasteiger partial charge in [-0.2, -0.15) is 0 Å². The van der Waals surface area contributed by atoms with Gasteiger partial charge < -0.3 is 10.5 Å². The van der Waals surface area contributed by atoms with E-state index in [9.17, 15) is 0 Å². The molecule has 0 aliphatic rings. The summed E-state index contributed by atoms with van der Waals surface area (Å²) < 4.78 is 5.22. The molecule has 2 N–H and O–H groups in total. The predicted octanol–water partition coefficient (Wildman–Crippen LogP) is 3.88. The second-order valence-electron chi connectivity index (χ2n) is 4.10. The Morgan fingerprint density at radius 1 is 1.17 bits per heavy atom. The van der Waals surface area contributed by atoms with Crippen molar-refractivity contribution >= 4 is 17.4 Å². The second-order valence-corrected chi connectivity index (χ2v) is 5.15. The maximum Gasteiger partial charge on any atom is 0.119 e. The first-order valence-corrected chi connectivity index (χ1v) is 6.80. The highest BCUT2D eigenvalue weighted by Crippen LogP contribution is 2.28. The summed E-state index contributed by atoms with van der Waals surface area (Å²) in [7, 11) is 1.69. The van der Waals surface area contributed by atoms with Gasteiger partial charge in [-0.25, -0.2) is 0 Å². The van der Waals surface area contributed by atoms with Crippen LogP contribution >= 0.6 is 11.8 Å². The molecule has 0 aliphatic heterocycles. The maximum absolute atomic E-state index is 5.91. The average molecular weight is 259 g/mol. The smallest absolute Gasteiger partial charge is 0.119 e. The summed E-state index contributed by atoms with van der Waals surface area (Å²) in [5.74, 6) is 1.81. The zero-order chi connectivity index (χ0) is 13.0. The Hall–Kier alpha value is -1.61. The topological polar surface area (TPSA) is 35.2 Å². The Bertz CT molecular complexity index is 540.